The van der Waals surface area contributed by atoms with Crippen molar-refractivity contribution in [1.29, 1.82) is 0 Å². The number of carbonyl (C=O) groups excluding carboxylic acids is 1. The molecule has 162 valence electrons. The highest BCUT2D eigenvalue weighted by Crippen LogP contribution is 2.38. The summed E-state index contributed by atoms with van der Waals surface area (Å²) in [5.41, 5.74) is 1.97. The SMILES string of the molecule is CC1CCCCC1n1c(SCC(=O)NCc2ccc(Cl)cc2)nnc1-c1cccnc1. The number of carbonyl (C=O) groups is 1. The molecule has 8 heteroatoms. The van der Waals surface area contributed by atoms with Crippen molar-refractivity contribution in [3.8, 4) is 11.4 Å². The van der Waals surface area contributed by atoms with E-state index in [2.05, 4.69) is 32.0 Å². The van der Waals surface area contributed by atoms with E-state index in [0.717, 1.165) is 28.5 Å². The van der Waals surface area contributed by atoms with Gasteiger partial charge in [-0.25, -0.2) is 0 Å². The fourth-order valence-corrected chi connectivity index (χ4v) is 4.98. The fraction of sp³-hybridized carbons (Fsp3) is 0.391. The molecule has 1 aliphatic rings. The zero-order valence-electron chi connectivity index (χ0n) is 17.5. The number of amides is 1. The van der Waals surface area contributed by atoms with Crippen molar-refractivity contribution in [2.45, 2.75) is 50.4 Å². The number of nitrogens with zero attached hydrogens (tertiary/aromatic N) is 4. The van der Waals surface area contributed by atoms with E-state index in [4.69, 9.17) is 11.6 Å². The Morgan fingerprint density at radius 1 is 1.19 bits per heavy atom. The summed E-state index contributed by atoms with van der Waals surface area (Å²) >= 11 is 7.36. The number of halogens is 1. The highest BCUT2D eigenvalue weighted by molar-refractivity contribution is 7.99. The van der Waals surface area contributed by atoms with Crippen LogP contribution in [0.15, 0.2) is 53.9 Å². The van der Waals surface area contributed by atoms with Crippen LogP contribution in [0, 0.1) is 5.92 Å². The van der Waals surface area contributed by atoms with Crippen molar-refractivity contribution in [3.05, 3.63) is 59.4 Å². The van der Waals surface area contributed by atoms with Gasteiger partial charge in [-0.3, -0.25) is 14.3 Å². The van der Waals surface area contributed by atoms with Crippen molar-refractivity contribution in [3.63, 3.8) is 0 Å². The van der Waals surface area contributed by atoms with Crippen LogP contribution in [0.5, 0.6) is 0 Å². The first-order valence-electron chi connectivity index (χ1n) is 10.6. The number of nitrogens with one attached hydrogen (secondary N) is 1. The predicted molar refractivity (Wildman–Crippen MR) is 124 cm³/mol. The van der Waals surface area contributed by atoms with Gasteiger partial charge >= 0.3 is 0 Å². The predicted octanol–water partition coefficient (Wildman–Crippen LogP) is 5.15. The first-order chi connectivity index (χ1) is 15.1. The highest BCUT2D eigenvalue weighted by Gasteiger charge is 2.29. The molecule has 1 N–H and O–H groups in total. The second-order valence-corrected chi connectivity index (χ2v) is 9.32. The zero-order chi connectivity index (χ0) is 21.6. The Kier molecular flexibility index (Phi) is 7.25. The molecule has 4 rings (SSSR count). The minimum Gasteiger partial charge on any atom is -0.351 e. The molecule has 1 amide bonds. The molecule has 1 aromatic carbocycles. The largest absolute Gasteiger partial charge is 0.351 e. The quantitative estimate of drug-likeness (QED) is 0.498. The normalized spacial score (nSPS) is 18.6. The van der Waals surface area contributed by atoms with Gasteiger partial charge in [0.05, 0.1) is 5.75 Å². The number of pyridine rings is 1. The van der Waals surface area contributed by atoms with Gasteiger partial charge in [-0.15, -0.1) is 10.2 Å². The van der Waals surface area contributed by atoms with Crippen LogP contribution in [-0.2, 0) is 11.3 Å². The number of thioether (sulfide) groups is 1. The van der Waals surface area contributed by atoms with E-state index < -0.39 is 0 Å². The van der Waals surface area contributed by atoms with Gasteiger partial charge in [0.2, 0.25) is 5.91 Å². The average molecular weight is 456 g/mol. The monoisotopic (exact) mass is 455 g/mol. The minimum atomic E-state index is -0.0332. The number of rotatable bonds is 7. The number of hydrogen-bond donors (Lipinski definition) is 1. The molecule has 0 bridgehead atoms. The Bertz CT molecular complexity index is 1010. The summed E-state index contributed by atoms with van der Waals surface area (Å²) in [5, 5.41) is 13.4. The maximum atomic E-state index is 12.5. The van der Waals surface area contributed by atoms with Crippen LogP contribution in [0.25, 0.3) is 11.4 Å². The fourth-order valence-electron chi connectivity index (χ4n) is 4.03. The summed E-state index contributed by atoms with van der Waals surface area (Å²) in [6, 6.07) is 11.7. The molecule has 0 saturated heterocycles. The molecule has 1 saturated carbocycles. The van der Waals surface area contributed by atoms with Crippen molar-refractivity contribution in [2.24, 2.45) is 5.92 Å². The molecule has 2 unspecified atom stereocenters. The topological polar surface area (TPSA) is 72.7 Å². The summed E-state index contributed by atoms with van der Waals surface area (Å²) in [5.74, 6) is 1.63. The maximum Gasteiger partial charge on any atom is 0.230 e. The molecular weight excluding hydrogens is 430 g/mol. The van der Waals surface area contributed by atoms with Gasteiger partial charge in [0.25, 0.3) is 0 Å². The molecule has 6 nitrogen and oxygen atoms in total. The molecule has 31 heavy (non-hydrogen) atoms. The molecule has 2 atom stereocenters. The lowest BCUT2D eigenvalue weighted by Gasteiger charge is -2.31. The number of hydrogen-bond acceptors (Lipinski definition) is 5. The third kappa shape index (κ3) is 5.46. The molecule has 1 aliphatic carbocycles. The van der Waals surface area contributed by atoms with Gasteiger partial charge in [0.1, 0.15) is 0 Å². The summed E-state index contributed by atoms with van der Waals surface area (Å²) in [6.45, 7) is 2.77. The lowest BCUT2D eigenvalue weighted by Crippen LogP contribution is -2.25. The van der Waals surface area contributed by atoms with E-state index >= 15 is 0 Å². The van der Waals surface area contributed by atoms with Gasteiger partial charge in [-0.2, -0.15) is 0 Å². The molecule has 3 aromatic rings. The Hall–Kier alpha value is -2.38. The average Bonchev–Trinajstić information content (AvgIpc) is 3.22. The Balaban J connectivity index is 1.47. The zero-order valence-corrected chi connectivity index (χ0v) is 19.1. The second-order valence-electron chi connectivity index (χ2n) is 7.94. The standard InChI is InChI=1S/C23H26ClN5OS/c1-16-5-2-3-7-20(16)29-22(18-6-4-12-25-14-18)27-28-23(29)31-15-21(30)26-13-17-8-10-19(24)11-9-17/h4,6,8-12,14,16,20H,2-3,5,7,13,15H2,1H3,(H,26,30). The summed E-state index contributed by atoms with van der Waals surface area (Å²) in [4.78, 5) is 16.7. The Morgan fingerprint density at radius 2 is 2.00 bits per heavy atom. The van der Waals surface area contributed by atoms with Crippen molar-refractivity contribution < 1.29 is 4.79 Å². The molecule has 2 aromatic heterocycles. The first-order valence-corrected chi connectivity index (χ1v) is 12.0. The Labute approximate surface area is 191 Å². The molecule has 2 heterocycles. The minimum absolute atomic E-state index is 0.0332. The van der Waals surface area contributed by atoms with Crippen LogP contribution in [0.3, 0.4) is 0 Å². The molecular formula is C23H26ClN5OS. The third-order valence-corrected chi connectivity index (χ3v) is 6.91. The van der Waals surface area contributed by atoms with Gasteiger partial charge in [0, 0.05) is 35.6 Å². The maximum absolute atomic E-state index is 12.5. The van der Waals surface area contributed by atoms with Crippen molar-refractivity contribution in [2.75, 3.05) is 5.75 Å². The van der Waals surface area contributed by atoms with E-state index in [1.807, 2.05) is 42.6 Å². The van der Waals surface area contributed by atoms with Crippen molar-refractivity contribution in [1.82, 2.24) is 25.1 Å². The molecule has 0 radical (unpaired) electrons. The van der Waals surface area contributed by atoms with Gasteiger partial charge in [-0.1, -0.05) is 55.3 Å². The molecule has 0 spiro atoms. The van der Waals surface area contributed by atoms with Crippen LogP contribution >= 0.6 is 23.4 Å². The molecule has 1 fully saturated rings. The molecule has 0 aliphatic heterocycles. The summed E-state index contributed by atoms with van der Waals surface area (Å²) in [7, 11) is 0. The van der Waals surface area contributed by atoms with Crippen LogP contribution in [0.2, 0.25) is 5.02 Å². The van der Waals surface area contributed by atoms with E-state index in [1.54, 1.807) is 6.20 Å². The van der Waals surface area contributed by atoms with E-state index in [0.29, 0.717) is 29.3 Å². The third-order valence-electron chi connectivity index (χ3n) is 5.72. The smallest absolute Gasteiger partial charge is 0.230 e. The van der Waals surface area contributed by atoms with Crippen molar-refractivity contribution >= 4 is 29.3 Å². The second kappa shape index (κ2) is 10.3. The van der Waals surface area contributed by atoms with E-state index in [1.165, 1.54) is 31.0 Å². The van der Waals surface area contributed by atoms with Gasteiger partial charge in [0.15, 0.2) is 11.0 Å². The first kappa shape index (κ1) is 21.8. The summed E-state index contributed by atoms with van der Waals surface area (Å²) < 4.78 is 2.23. The van der Waals surface area contributed by atoms with Crippen LogP contribution < -0.4 is 5.32 Å². The lowest BCUT2D eigenvalue weighted by atomic mass is 9.85. The highest BCUT2D eigenvalue weighted by atomic mass is 35.5. The van der Waals surface area contributed by atoms with Crippen LogP contribution in [0.1, 0.15) is 44.2 Å². The van der Waals surface area contributed by atoms with Crippen LogP contribution in [-0.4, -0.2) is 31.4 Å². The van der Waals surface area contributed by atoms with E-state index in [9.17, 15) is 4.79 Å². The van der Waals surface area contributed by atoms with Crippen LogP contribution in [0.4, 0.5) is 0 Å². The summed E-state index contributed by atoms with van der Waals surface area (Å²) in [6.07, 6.45) is 8.34. The number of aromatic nitrogens is 4. The Morgan fingerprint density at radius 3 is 2.74 bits per heavy atom. The van der Waals surface area contributed by atoms with Gasteiger partial charge in [-0.05, 0) is 48.6 Å². The van der Waals surface area contributed by atoms with Gasteiger partial charge < -0.3 is 5.32 Å². The van der Waals surface area contributed by atoms with E-state index in [-0.39, 0.29) is 5.91 Å². The number of benzene rings is 1. The lowest BCUT2D eigenvalue weighted by molar-refractivity contribution is -0.118.